The van der Waals surface area contributed by atoms with Gasteiger partial charge in [0, 0.05) is 31.8 Å². The molecule has 1 aromatic carbocycles. The molecule has 3 heterocycles. The number of hydrogen-bond donors (Lipinski definition) is 4. The molecule has 16 nitrogen and oxygen atoms in total. The molecule has 0 aromatic heterocycles. The lowest BCUT2D eigenvalue weighted by Crippen LogP contribution is -2.71. The van der Waals surface area contributed by atoms with Gasteiger partial charge in [-0.25, -0.2) is 4.79 Å². The Balaban J connectivity index is 1.48. The van der Waals surface area contributed by atoms with E-state index < -0.39 is 115 Å². The molecule has 1 saturated carbocycles. The molecule has 1 aromatic rings. The molecule has 0 spiro atoms. The second-order valence-electron chi connectivity index (χ2n) is 18.2. The number of fused-ring (bicyclic) bond motifs is 4. The van der Waals surface area contributed by atoms with Crippen molar-refractivity contribution in [2.75, 3.05) is 13.2 Å². The fourth-order valence-electron chi connectivity index (χ4n) is 8.93. The highest BCUT2D eigenvalue weighted by Crippen LogP contribution is 2.58. The number of alkyl halides is 3. The van der Waals surface area contributed by atoms with Crippen LogP contribution >= 0.6 is 0 Å². The lowest BCUT2D eigenvalue weighted by atomic mass is 9.62. The van der Waals surface area contributed by atoms with Crippen LogP contribution in [0, 0.1) is 5.41 Å². The minimum absolute atomic E-state index is 0.00783. The number of unbranched alkanes of at least 4 members (excludes halogenated alkanes) is 4. The number of nitrogens with one attached hydrogen (secondary N) is 2. The number of hydroxylamine groups is 2. The van der Waals surface area contributed by atoms with Crippen LogP contribution in [0.15, 0.2) is 30.3 Å². The summed E-state index contributed by atoms with van der Waals surface area (Å²) in [6.07, 6.45) is -1.97. The summed E-state index contributed by atoms with van der Waals surface area (Å²) in [6, 6.07) is 2.54. The van der Waals surface area contributed by atoms with Crippen LogP contribution in [0.4, 0.5) is 13.2 Å². The number of amides is 2. The predicted molar refractivity (Wildman–Crippen MR) is 222 cm³/mol. The van der Waals surface area contributed by atoms with E-state index in [1.54, 1.807) is 45.0 Å². The van der Waals surface area contributed by atoms with Crippen molar-refractivity contribution in [1.82, 2.24) is 15.7 Å². The Bertz CT molecular complexity index is 1830. The van der Waals surface area contributed by atoms with Gasteiger partial charge in [0.05, 0.1) is 25.3 Å². The van der Waals surface area contributed by atoms with Crippen LogP contribution in [0.3, 0.4) is 0 Å². The van der Waals surface area contributed by atoms with Crippen LogP contribution in [0.1, 0.15) is 123 Å². The normalized spacial score (nSPS) is 26.4. The van der Waals surface area contributed by atoms with Crippen LogP contribution in [0.5, 0.6) is 0 Å². The molecule has 0 unspecified atom stereocenters. The maximum Gasteiger partial charge on any atom is 0.422 e. The van der Waals surface area contributed by atoms with Gasteiger partial charge in [-0.15, -0.1) is 0 Å². The first-order chi connectivity index (χ1) is 30.2. The molecule has 2 amide bonds. The van der Waals surface area contributed by atoms with E-state index >= 15 is 4.79 Å². The van der Waals surface area contributed by atoms with Crippen molar-refractivity contribution < 1.29 is 75.9 Å². The summed E-state index contributed by atoms with van der Waals surface area (Å²) in [5.41, 5.74) is -1.73. The highest BCUT2D eigenvalue weighted by Gasteiger charge is 2.76. The van der Waals surface area contributed by atoms with E-state index in [9.17, 15) is 42.6 Å². The standard InChI is InChI=1S/C45H64F3N3O13/c1-7-9-13-21-43(22-14-10-8-2)62-35-31-23-44(41(58)50-34(27(3)53)39(56)49-30(25-52)18-20-33(55)61-42(4,5)6)37(40(57)60-31)51(64-38(44)36(35)63-43)24-29-16-12-11-15-28(29)17-19-32(54)59-26-45(46,47)48/h11-12,15-17,19,27,30-31,34-38,52-53H,7-10,13-14,18,20-26H2,1-6H3,(H,49,56)(H,50,58)/t27-,30-,31+,34+,35-,36-,37-,38+,44-/m0/s1. The van der Waals surface area contributed by atoms with Crippen molar-refractivity contribution in [3.63, 3.8) is 0 Å². The molecule has 2 bridgehead atoms. The first-order valence-electron chi connectivity index (χ1n) is 22.3. The Morgan fingerprint density at radius 1 is 1.00 bits per heavy atom. The Kier molecular flexibility index (Phi) is 17.0. The van der Waals surface area contributed by atoms with Gasteiger partial charge in [0.15, 0.2) is 18.4 Å². The number of aliphatic hydroxyl groups excluding tert-OH is 2. The van der Waals surface area contributed by atoms with E-state index in [1.165, 1.54) is 18.1 Å². The number of hydrogen-bond acceptors (Lipinski definition) is 14. The van der Waals surface area contributed by atoms with Crippen LogP contribution in [-0.2, 0) is 59.0 Å². The Morgan fingerprint density at radius 3 is 2.27 bits per heavy atom. The van der Waals surface area contributed by atoms with E-state index in [2.05, 4.69) is 29.2 Å². The van der Waals surface area contributed by atoms with Crippen molar-refractivity contribution in [2.24, 2.45) is 5.41 Å². The molecule has 3 aliphatic heterocycles. The maximum atomic E-state index is 15.1. The summed E-state index contributed by atoms with van der Waals surface area (Å²) >= 11 is 0. The monoisotopic (exact) mass is 911 g/mol. The van der Waals surface area contributed by atoms with Gasteiger partial charge in [-0.1, -0.05) is 63.8 Å². The summed E-state index contributed by atoms with van der Waals surface area (Å²) in [5.74, 6) is -5.36. The zero-order chi connectivity index (χ0) is 47.0. The Hall–Kier alpha value is -4.14. The van der Waals surface area contributed by atoms with Gasteiger partial charge in [0.25, 0.3) is 0 Å². The molecule has 5 rings (SSSR count). The third-order valence-electron chi connectivity index (χ3n) is 11.9. The highest BCUT2D eigenvalue weighted by atomic mass is 19.4. The van der Waals surface area contributed by atoms with E-state index in [0.717, 1.165) is 44.6 Å². The molecule has 4 N–H and O–H groups in total. The SMILES string of the molecule is CCCCCC1(CCCCC)O[C@@H]2[C@H](O1)[C@H]1ON(Cc3ccccc3C=CC(=O)OCC(F)(F)F)[C@H]3C(=O)O[C@@H]2C[C@@]13C(=O)N[C@@H](C(=O)N[C@H](CO)CCC(=O)OC(C)(C)C)[C@H](C)O. The molecule has 3 saturated heterocycles. The quantitative estimate of drug-likeness (QED) is 0.0538. The Morgan fingerprint density at radius 2 is 1.66 bits per heavy atom. The first kappa shape index (κ1) is 50.9. The molecule has 9 atom stereocenters. The number of rotatable bonds is 22. The molecule has 0 radical (unpaired) electrons. The number of esters is 3. The van der Waals surface area contributed by atoms with Crippen molar-refractivity contribution >= 4 is 35.8 Å². The minimum atomic E-state index is -4.72. The number of halogens is 3. The summed E-state index contributed by atoms with van der Waals surface area (Å²) in [4.78, 5) is 74.6. The van der Waals surface area contributed by atoms with Gasteiger partial charge in [-0.3, -0.25) is 24.0 Å². The van der Waals surface area contributed by atoms with E-state index in [0.29, 0.717) is 24.0 Å². The average molecular weight is 912 g/mol. The maximum absolute atomic E-state index is 15.1. The van der Waals surface area contributed by atoms with E-state index in [4.69, 9.17) is 23.8 Å². The van der Waals surface area contributed by atoms with E-state index in [1.807, 2.05) is 0 Å². The van der Waals surface area contributed by atoms with E-state index in [-0.39, 0.29) is 25.8 Å². The fraction of sp³-hybridized carbons (Fsp3) is 0.711. The van der Waals surface area contributed by atoms with Crippen molar-refractivity contribution in [3.8, 4) is 0 Å². The highest BCUT2D eigenvalue weighted by molar-refractivity contribution is 5.96. The second-order valence-corrected chi connectivity index (χ2v) is 18.2. The number of ether oxygens (including phenoxy) is 5. The molecule has 64 heavy (non-hydrogen) atoms. The number of aliphatic hydroxyl groups is 2. The lowest BCUT2D eigenvalue weighted by Gasteiger charge is -2.49. The van der Waals surface area contributed by atoms with Gasteiger partial charge in [-0.05, 0) is 64.2 Å². The van der Waals surface area contributed by atoms with Gasteiger partial charge in [0.1, 0.15) is 41.5 Å². The molecule has 358 valence electrons. The largest absolute Gasteiger partial charge is 0.460 e. The lowest BCUT2D eigenvalue weighted by molar-refractivity contribution is -0.224. The van der Waals surface area contributed by atoms with Crippen molar-refractivity contribution in [1.29, 1.82) is 0 Å². The molecule has 4 aliphatic rings. The van der Waals surface area contributed by atoms with Crippen LogP contribution in [0.2, 0.25) is 0 Å². The summed E-state index contributed by atoms with van der Waals surface area (Å²) in [6.45, 7) is 8.04. The molecule has 19 heteroatoms. The van der Waals surface area contributed by atoms with Crippen molar-refractivity contribution in [3.05, 3.63) is 41.5 Å². The van der Waals surface area contributed by atoms with Gasteiger partial charge < -0.3 is 44.5 Å². The smallest absolute Gasteiger partial charge is 0.422 e. The number of benzene rings is 1. The fourth-order valence-corrected chi connectivity index (χ4v) is 8.93. The number of carbonyl (C=O) groups is 5. The van der Waals surface area contributed by atoms with Crippen molar-refractivity contribution in [2.45, 2.75) is 185 Å². The zero-order valence-corrected chi connectivity index (χ0v) is 37.4. The van der Waals surface area contributed by atoms with Crippen LogP contribution in [0.25, 0.3) is 6.08 Å². The predicted octanol–water partition coefficient (Wildman–Crippen LogP) is 4.71. The zero-order valence-electron chi connectivity index (χ0n) is 37.4. The third-order valence-corrected chi connectivity index (χ3v) is 11.9. The Labute approximate surface area is 371 Å². The van der Waals surface area contributed by atoms with Gasteiger partial charge in [-0.2, -0.15) is 18.2 Å². The summed E-state index contributed by atoms with van der Waals surface area (Å²) < 4.78 is 67.6. The number of nitrogens with zero attached hydrogens (tertiary/aromatic N) is 1. The van der Waals surface area contributed by atoms with Crippen LogP contribution < -0.4 is 10.6 Å². The third kappa shape index (κ3) is 12.4. The molecule has 1 aliphatic carbocycles. The molecular formula is C45H64F3N3O13. The first-order valence-corrected chi connectivity index (χ1v) is 22.3. The average Bonchev–Trinajstić information content (AvgIpc) is 3.77. The minimum Gasteiger partial charge on any atom is -0.460 e. The van der Waals surface area contributed by atoms with Gasteiger partial charge in [0.2, 0.25) is 11.8 Å². The number of carbonyl (C=O) groups excluding carboxylic acids is 5. The second kappa shape index (κ2) is 21.4. The summed E-state index contributed by atoms with van der Waals surface area (Å²) in [7, 11) is 0. The molecular weight excluding hydrogens is 847 g/mol. The summed E-state index contributed by atoms with van der Waals surface area (Å²) in [5, 5.41) is 27.7. The van der Waals surface area contributed by atoms with Gasteiger partial charge >= 0.3 is 24.1 Å². The molecule has 4 fully saturated rings. The topological polar surface area (TPSA) is 208 Å². The van der Waals surface area contributed by atoms with Crippen LogP contribution in [-0.4, -0.2) is 124 Å².